The number of methoxy groups -OCH3 is 1. The predicted octanol–water partition coefficient (Wildman–Crippen LogP) is -0.216. The average molecular weight is 515 g/mol. The number of ether oxygens (including phenoxy) is 10. The fraction of sp³-hybridized carbons (Fsp3) is 0.909. The molecule has 13 heteroatoms. The van der Waals surface area contributed by atoms with Gasteiger partial charge in [-0.25, -0.2) is 4.79 Å². The van der Waals surface area contributed by atoms with Crippen LogP contribution in [0.15, 0.2) is 0 Å². The van der Waals surface area contributed by atoms with Crippen LogP contribution in [0.25, 0.3) is 0 Å². The van der Waals surface area contributed by atoms with Gasteiger partial charge in [0.1, 0.15) is 6.61 Å². The molecular formula is C22H42O13. The van der Waals surface area contributed by atoms with E-state index in [-0.39, 0.29) is 19.6 Å². The molecule has 1 N–H and O–H groups in total. The summed E-state index contributed by atoms with van der Waals surface area (Å²) in [5.74, 6) is -1.29. The largest absolute Gasteiger partial charge is 0.481 e. The molecule has 0 radical (unpaired) electrons. The van der Waals surface area contributed by atoms with Crippen LogP contribution in [0.4, 0.5) is 0 Å². The monoisotopic (exact) mass is 514 g/mol. The van der Waals surface area contributed by atoms with Crippen molar-refractivity contribution < 1.29 is 62.1 Å². The van der Waals surface area contributed by atoms with E-state index in [1.54, 1.807) is 0 Å². The molecule has 0 saturated heterocycles. The molecule has 0 heterocycles. The summed E-state index contributed by atoms with van der Waals surface area (Å²) in [6.07, 6.45) is -0.00400. The molecule has 13 nitrogen and oxygen atoms in total. The summed E-state index contributed by atoms with van der Waals surface area (Å²) in [6, 6.07) is 0. The molecule has 0 aliphatic heterocycles. The van der Waals surface area contributed by atoms with E-state index in [9.17, 15) is 9.59 Å². The van der Waals surface area contributed by atoms with Crippen LogP contribution in [-0.2, 0) is 57.0 Å². The molecule has 0 unspecified atom stereocenters. The Morgan fingerprint density at radius 2 is 0.714 bits per heavy atom. The molecule has 0 aliphatic rings. The van der Waals surface area contributed by atoms with Gasteiger partial charge in [-0.05, 0) is 0 Å². The van der Waals surface area contributed by atoms with Crippen LogP contribution in [0.5, 0.6) is 0 Å². The van der Waals surface area contributed by atoms with Crippen LogP contribution in [0, 0.1) is 0 Å². The van der Waals surface area contributed by atoms with Crippen LogP contribution >= 0.6 is 0 Å². The van der Waals surface area contributed by atoms with Crippen molar-refractivity contribution >= 4 is 11.9 Å². The van der Waals surface area contributed by atoms with Crippen LogP contribution in [0.3, 0.4) is 0 Å². The Balaban J connectivity index is 3.04. The van der Waals surface area contributed by atoms with Crippen molar-refractivity contribution in [3.63, 3.8) is 0 Å². The number of carbonyl (C=O) groups excluding carboxylic acids is 1. The summed E-state index contributed by atoms with van der Waals surface area (Å²) in [5.41, 5.74) is 0. The first-order chi connectivity index (χ1) is 17.2. The molecule has 0 fully saturated rings. The van der Waals surface area contributed by atoms with E-state index >= 15 is 0 Å². The van der Waals surface area contributed by atoms with Gasteiger partial charge in [0, 0.05) is 0 Å². The molecule has 0 aromatic carbocycles. The maximum atomic E-state index is 10.8. The summed E-state index contributed by atoms with van der Waals surface area (Å²) in [7, 11) is 1.31. The third-order valence-corrected chi connectivity index (χ3v) is 3.88. The van der Waals surface area contributed by atoms with E-state index in [2.05, 4.69) is 4.74 Å². The topological polar surface area (TPSA) is 147 Å². The Labute approximate surface area is 207 Å². The number of carboxylic acids is 1. The predicted molar refractivity (Wildman–Crippen MR) is 122 cm³/mol. The van der Waals surface area contributed by atoms with E-state index in [1.165, 1.54) is 7.11 Å². The molecular weight excluding hydrogens is 472 g/mol. The van der Waals surface area contributed by atoms with Crippen molar-refractivity contribution in [1.82, 2.24) is 0 Å². The lowest BCUT2D eigenvalue weighted by molar-refractivity contribution is -0.146. The molecule has 0 aliphatic carbocycles. The van der Waals surface area contributed by atoms with Crippen molar-refractivity contribution in [1.29, 1.82) is 0 Å². The Morgan fingerprint density at radius 3 is 0.971 bits per heavy atom. The lowest BCUT2D eigenvalue weighted by atomic mass is 10.5. The van der Waals surface area contributed by atoms with Crippen LogP contribution in [0.2, 0.25) is 0 Å². The smallest absolute Gasteiger partial charge is 0.331 e. The summed E-state index contributed by atoms with van der Waals surface area (Å²) in [4.78, 5) is 21.1. The quantitative estimate of drug-likeness (QED) is 0.104. The van der Waals surface area contributed by atoms with Gasteiger partial charge in [-0.15, -0.1) is 0 Å². The minimum Gasteiger partial charge on any atom is -0.481 e. The van der Waals surface area contributed by atoms with Gasteiger partial charge in [0.2, 0.25) is 0 Å². The minimum atomic E-state index is -0.877. The fourth-order valence-electron chi connectivity index (χ4n) is 2.13. The molecule has 0 saturated carbocycles. The van der Waals surface area contributed by atoms with Gasteiger partial charge in [0.25, 0.3) is 0 Å². The highest BCUT2D eigenvalue weighted by atomic mass is 16.6. The minimum absolute atomic E-state index is 0.00400. The van der Waals surface area contributed by atoms with Gasteiger partial charge in [-0.1, -0.05) is 0 Å². The molecule has 0 spiro atoms. The van der Waals surface area contributed by atoms with Crippen molar-refractivity contribution in [2.24, 2.45) is 0 Å². The second-order valence-electron chi connectivity index (χ2n) is 6.67. The van der Waals surface area contributed by atoms with Crippen molar-refractivity contribution in [2.75, 3.05) is 126 Å². The highest BCUT2D eigenvalue weighted by Gasteiger charge is 1.99. The number of carbonyl (C=O) groups is 2. The zero-order valence-electron chi connectivity index (χ0n) is 20.8. The first kappa shape index (κ1) is 33.6. The maximum absolute atomic E-state index is 10.8. The van der Waals surface area contributed by atoms with E-state index < -0.39 is 11.9 Å². The second-order valence-corrected chi connectivity index (χ2v) is 6.67. The molecule has 35 heavy (non-hydrogen) atoms. The standard InChI is InChI=1S/C22H42O13/c1-26-22(25)20-35-19-18-34-17-16-33-15-14-32-13-12-31-11-10-30-9-8-29-7-6-28-5-4-27-3-2-21(23)24/h2-20H2,1H3,(H,23,24). The number of rotatable bonds is 29. The molecule has 0 rings (SSSR count). The Kier molecular flexibility index (Phi) is 27.6. The zero-order valence-corrected chi connectivity index (χ0v) is 20.8. The second kappa shape index (κ2) is 28.8. The summed E-state index contributed by atoms with van der Waals surface area (Å²) in [6.45, 7) is 7.18. The van der Waals surface area contributed by atoms with Gasteiger partial charge < -0.3 is 52.5 Å². The molecule has 0 aromatic heterocycles. The van der Waals surface area contributed by atoms with E-state index in [0.717, 1.165) is 0 Å². The summed E-state index contributed by atoms with van der Waals surface area (Å²) < 4.78 is 52.1. The number of hydrogen-bond donors (Lipinski definition) is 1. The van der Waals surface area contributed by atoms with Gasteiger partial charge in [0.05, 0.1) is 126 Å². The SMILES string of the molecule is COC(=O)COCCOCCOCCOCCOCCOCCOCCOCCOCCC(=O)O. The third kappa shape index (κ3) is 30.5. The van der Waals surface area contributed by atoms with E-state index in [0.29, 0.717) is 106 Å². The van der Waals surface area contributed by atoms with Gasteiger partial charge in [0.15, 0.2) is 0 Å². The van der Waals surface area contributed by atoms with E-state index in [1.807, 2.05) is 0 Å². The number of esters is 1. The van der Waals surface area contributed by atoms with Gasteiger partial charge in [-0.2, -0.15) is 0 Å². The first-order valence-corrected chi connectivity index (χ1v) is 11.6. The van der Waals surface area contributed by atoms with Crippen LogP contribution in [0.1, 0.15) is 6.42 Å². The molecule has 0 aromatic rings. The van der Waals surface area contributed by atoms with Gasteiger partial charge >= 0.3 is 11.9 Å². The van der Waals surface area contributed by atoms with E-state index in [4.69, 9.17) is 47.7 Å². The lowest BCUT2D eigenvalue weighted by Gasteiger charge is -2.08. The number of aliphatic carboxylic acids is 1. The summed E-state index contributed by atoms with van der Waals surface area (Å²) in [5, 5.41) is 8.45. The summed E-state index contributed by atoms with van der Waals surface area (Å²) >= 11 is 0. The molecule has 0 bridgehead atoms. The molecule has 0 atom stereocenters. The maximum Gasteiger partial charge on any atom is 0.331 e. The lowest BCUT2D eigenvalue weighted by Crippen LogP contribution is -2.16. The van der Waals surface area contributed by atoms with Crippen molar-refractivity contribution in [3.05, 3.63) is 0 Å². The highest BCUT2D eigenvalue weighted by molar-refractivity contribution is 5.70. The Hall–Kier alpha value is -1.42. The fourth-order valence-corrected chi connectivity index (χ4v) is 2.13. The normalized spacial score (nSPS) is 11.1. The van der Waals surface area contributed by atoms with Crippen LogP contribution < -0.4 is 0 Å². The Morgan fingerprint density at radius 1 is 0.457 bits per heavy atom. The highest BCUT2D eigenvalue weighted by Crippen LogP contribution is 1.87. The average Bonchev–Trinajstić information content (AvgIpc) is 2.85. The third-order valence-electron chi connectivity index (χ3n) is 3.88. The zero-order chi connectivity index (χ0) is 25.7. The van der Waals surface area contributed by atoms with Crippen molar-refractivity contribution in [3.8, 4) is 0 Å². The number of hydrogen-bond acceptors (Lipinski definition) is 12. The van der Waals surface area contributed by atoms with Crippen molar-refractivity contribution in [2.45, 2.75) is 6.42 Å². The van der Waals surface area contributed by atoms with Gasteiger partial charge in [-0.3, -0.25) is 4.79 Å². The Bertz CT molecular complexity index is 465. The first-order valence-electron chi connectivity index (χ1n) is 11.6. The number of carboxylic acid groups (broad SMARTS) is 1. The molecule has 0 amide bonds. The van der Waals surface area contributed by atoms with Crippen LogP contribution in [-0.4, -0.2) is 143 Å². The molecule has 208 valence electrons.